The summed E-state index contributed by atoms with van der Waals surface area (Å²) in [6.45, 7) is -0.00915. The minimum atomic E-state index is -0.664. The minimum Gasteiger partial charge on any atom is -0.508 e. The van der Waals surface area contributed by atoms with Crippen LogP contribution in [0, 0.1) is 0 Å². The van der Waals surface area contributed by atoms with E-state index in [0.717, 1.165) is 0 Å². The Morgan fingerprint density at radius 3 is 2.50 bits per heavy atom. The van der Waals surface area contributed by atoms with Gasteiger partial charge in [0.05, 0.1) is 6.54 Å². The van der Waals surface area contributed by atoms with Gasteiger partial charge in [-0.3, -0.25) is 10.5 Å². The highest BCUT2D eigenvalue weighted by Crippen LogP contribution is 2.12. The second kappa shape index (κ2) is 3.61. The predicted octanol–water partition coefficient (Wildman–Crippen LogP) is 0.614. The molecule has 1 aromatic rings. The van der Waals surface area contributed by atoms with Gasteiger partial charge < -0.3 is 10.4 Å². The van der Waals surface area contributed by atoms with Crippen molar-refractivity contribution in [1.29, 1.82) is 0 Å². The van der Waals surface area contributed by atoms with Gasteiger partial charge in [0.2, 0.25) is 0 Å². The van der Waals surface area contributed by atoms with Crippen LogP contribution in [0.25, 0.3) is 0 Å². The molecule has 1 aromatic carbocycles. The lowest BCUT2D eigenvalue weighted by Gasteiger charge is -2.02. The highest BCUT2D eigenvalue weighted by Gasteiger charge is 1.94. The monoisotopic (exact) mass is 165 g/mol. The topological polar surface area (TPSA) is 73.1 Å². The van der Waals surface area contributed by atoms with Crippen LogP contribution in [-0.2, 0) is 4.79 Å². The summed E-state index contributed by atoms with van der Waals surface area (Å²) in [7, 11) is 0. The molecule has 4 heteroatoms. The molecule has 0 fully saturated rings. The van der Waals surface area contributed by atoms with Crippen molar-refractivity contribution in [3.05, 3.63) is 24.3 Å². The third kappa shape index (κ3) is 2.49. The highest BCUT2D eigenvalue weighted by atomic mass is 16.3. The number of hydrogen-bond donors (Lipinski definition) is 2. The zero-order chi connectivity index (χ0) is 8.97. The molecular formula is C8H9N2O2. The lowest BCUT2D eigenvalue weighted by atomic mass is 10.3. The Kier molecular flexibility index (Phi) is 2.53. The standard InChI is InChI=1S/C8H9N2O2/c9-8(12)5-10-6-1-3-7(11)4-2-6/h1-4,9-11H,5H2. The van der Waals surface area contributed by atoms with Gasteiger partial charge in [-0.1, -0.05) is 0 Å². The van der Waals surface area contributed by atoms with Gasteiger partial charge in [0, 0.05) is 5.69 Å². The van der Waals surface area contributed by atoms with Gasteiger partial charge in [0.1, 0.15) is 5.75 Å². The molecule has 0 aliphatic heterocycles. The summed E-state index contributed by atoms with van der Waals surface area (Å²) in [6, 6.07) is 6.30. The van der Waals surface area contributed by atoms with Gasteiger partial charge in [-0.2, -0.15) is 0 Å². The van der Waals surface area contributed by atoms with Crippen LogP contribution in [0.3, 0.4) is 0 Å². The summed E-state index contributed by atoms with van der Waals surface area (Å²) < 4.78 is 0. The summed E-state index contributed by atoms with van der Waals surface area (Å²) in [6.07, 6.45) is 0. The van der Waals surface area contributed by atoms with Crippen LogP contribution < -0.4 is 11.1 Å². The molecule has 0 bridgehead atoms. The van der Waals surface area contributed by atoms with Crippen LogP contribution in [0.5, 0.6) is 5.75 Å². The minimum absolute atomic E-state index is 0.00915. The molecular weight excluding hydrogens is 156 g/mol. The van der Waals surface area contributed by atoms with Gasteiger partial charge in [-0.15, -0.1) is 0 Å². The third-order valence-corrected chi connectivity index (χ3v) is 1.32. The van der Waals surface area contributed by atoms with Crippen LogP contribution in [0.15, 0.2) is 24.3 Å². The molecule has 0 saturated carbocycles. The number of amides is 1. The molecule has 12 heavy (non-hydrogen) atoms. The van der Waals surface area contributed by atoms with E-state index in [1.807, 2.05) is 0 Å². The van der Waals surface area contributed by atoms with Crippen molar-refractivity contribution in [2.24, 2.45) is 0 Å². The third-order valence-electron chi connectivity index (χ3n) is 1.32. The number of phenols is 1. The predicted molar refractivity (Wildman–Crippen MR) is 44.7 cm³/mol. The van der Waals surface area contributed by atoms with Gasteiger partial charge in [-0.05, 0) is 24.3 Å². The second-order valence-electron chi connectivity index (χ2n) is 2.32. The Balaban J connectivity index is 2.53. The first-order valence-electron chi connectivity index (χ1n) is 3.46. The van der Waals surface area contributed by atoms with Crippen LogP contribution in [0.1, 0.15) is 0 Å². The van der Waals surface area contributed by atoms with E-state index in [2.05, 4.69) is 5.32 Å². The molecule has 0 aliphatic carbocycles. The first-order chi connectivity index (χ1) is 5.68. The van der Waals surface area contributed by atoms with Crippen LogP contribution in [0.2, 0.25) is 0 Å². The molecule has 3 N–H and O–H groups in total. The zero-order valence-electron chi connectivity index (χ0n) is 6.37. The Labute approximate surface area is 70.0 Å². The molecule has 1 radical (unpaired) electrons. The number of phenolic OH excluding ortho intramolecular Hbond substituents is 1. The Morgan fingerprint density at radius 2 is 2.00 bits per heavy atom. The Bertz CT molecular complexity index is 269. The maximum Gasteiger partial charge on any atom is 0.257 e. The molecule has 0 unspecified atom stereocenters. The van der Waals surface area contributed by atoms with Gasteiger partial charge >= 0.3 is 0 Å². The fraction of sp³-hybridized carbons (Fsp3) is 0.125. The molecule has 4 nitrogen and oxygen atoms in total. The van der Waals surface area contributed by atoms with E-state index in [1.54, 1.807) is 12.1 Å². The molecule has 0 saturated heterocycles. The Morgan fingerprint density at radius 1 is 1.42 bits per heavy atom. The number of benzene rings is 1. The highest BCUT2D eigenvalue weighted by molar-refractivity contribution is 5.78. The van der Waals surface area contributed by atoms with Gasteiger partial charge in [-0.25, -0.2) is 0 Å². The zero-order valence-corrected chi connectivity index (χ0v) is 6.37. The second-order valence-corrected chi connectivity index (χ2v) is 2.32. The van der Waals surface area contributed by atoms with E-state index in [4.69, 9.17) is 10.8 Å². The van der Waals surface area contributed by atoms with E-state index in [1.165, 1.54) is 12.1 Å². The van der Waals surface area contributed by atoms with E-state index in [9.17, 15) is 4.79 Å². The summed E-state index contributed by atoms with van der Waals surface area (Å²) >= 11 is 0. The smallest absolute Gasteiger partial charge is 0.257 e. The largest absolute Gasteiger partial charge is 0.508 e. The van der Waals surface area contributed by atoms with E-state index < -0.39 is 5.91 Å². The number of carbonyl (C=O) groups is 1. The van der Waals surface area contributed by atoms with E-state index >= 15 is 0 Å². The normalized spacial score (nSPS) is 9.33. The first-order valence-corrected chi connectivity index (χ1v) is 3.46. The van der Waals surface area contributed by atoms with Crippen molar-refractivity contribution in [2.45, 2.75) is 0 Å². The fourth-order valence-corrected chi connectivity index (χ4v) is 0.762. The molecule has 1 rings (SSSR count). The molecule has 0 atom stereocenters. The molecule has 0 spiro atoms. The van der Waals surface area contributed by atoms with Crippen molar-refractivity contribution < 1.29 is 9.90 Å². The number of aromatic hydroxyl groups is 1. The number of nitrogens with one attached hydrogen (secondary N) is 2. The molecule has 0 heterocycles. The summed E-state index contributed by atoms with van der Waals surface area (Å²) in [5.74, 6) is -0.485. The lowest BCUT2D eigenvalue weighted by molar-refractivity contribution is -0.117. The van der Waals surface area contributed by atoms with E-state index in [-0.39, 0.29) is 12.3 Å². The summed E-state index contributed by atoms with van der Waals surface area (Å²) in [5, 5.41) is 11.6. The van der Waals surface area contributed by atoms with Crippen LogP contribution >= 0.6 is 0 Å². The van der Waals surface area contributed by atoms with Crippen LogP contribution in [-0.4, -0.2) is 17.6 Å². The summed E-state index contributed by atoms with van der Waals surface area (Å²) in [4.78, 5) is 10.2. The average Bonchev–Trinajstić information content (AvgIpc) is 2.03. The number of rotatable bonds is 3. The van der Waals surface area contributed by atoms with Crippen molar-refractivity contribution in [1.82, 2.24) is 5.73 Å². The van der Waals surface area contributed by atoms with E-state index in [0.29, 0.717) is 5.69 Å². The number of carbonyl (C=O) groups excluding carboxylic acids is 1. The number of hydrogen-bond acceptors (Lipinski definition) is 3. The molecule has 0 aliphatic rings. The van der Waals surface area contributed by atoms with Crippen LogP contribution in [0.4, 0.5) is 5.69 Å². The maximum atomic E-state index is 10.2. The fourth-order valence-electron chi connectivity index (χ4n) is 0.762. The van der Waals surface area contributed by atoms with Gasteiger partial charge in [0.15, 0.2) is 0 Å². The molecule has 63 valence electrons. The van der Waals surface area contributed by atoms with Crippen molar-refractivity contribution in [2.75, 3.05) is 11.9 Å². The quantitative estimate of drug-likeness (QED) is 0.644. The SMILES string of the molecule is [NH]C(=O)CNc1ccc(O)cc1. The summed E-state index contributed by atoms with van der Waals surface area (Å²) in [5.41, 5.74) is 7.33. The van der Waals surface area contributed by atoms with Crippen molar-refractivity contribution in [3.8, 4) is 5.75 Å². The lowest BCUT2D eigenvalue weighted by Crippen LogP contribution is -2.13. The number of anilines is 1. The van der Waals surface area contributed by atoms with Crippen molar-refractivity contribution in [3.63, 3.8) is 0 Å². The van der Waals surface area contributed by atoms with Crippen molar-refractivity contribution >= 4 is 11.6 Å². The average molecular weight is 165 g/mol. The maximum absolute atomic E-state index is 10.2. The Hall–Kier alpha value is -1.71. The molecule has 1 amide bonds. The van der Waals surface area contributed by atoms with Gasteiger partial charge in [0.25, 0.3) is 5.91 Å². The molecule has 0 aromatic heterocycles. The first kappa shape index (κ1) is 8.39.